The molecule has 0 unspecified atom stereocenters. The van der Waals surface area contributed by atoms with Crippen LogP contribution in [0.1, 0.15) is 24.7 Å². The van der Waals surface area contributed by atoms with Gasteiger partial charge in [0.05, 0.1) is 17.8 Å². The summed E-state index contributed by atoms with van der Waals surface area (Å²) in [5.41, 5.74) is 2.60. The minimum atomic E-state index is 0.493. The highest BCUT2D eigenvalue weighted by molar-refractivity contribution is 6.32. The summed E-state index contributed by atoms with van der Waals surface area (Å²) in [6.45, 7) is 4.00. The predicted molar refractivity (Wildman–Crippen MR) is 82.8 cm³/mol. The molecule has 1 aromatic carbocycles. The van der Waals surface area contributed by atoms with Crippen molar-refractivity contribution in [2.75, 3.05) is 7.11 Å². The van der Waals surface area contributed by atoms with Gasteiger partial charge >= 0.3 is 0 Å². The standard InChI is InChI=1S/C15H16Cl2N2O/c1-4-5-13-18-14(9(2)15(17)19-13)10-6-7-11(16)12(8-10)20-3/h6-8H,4-5H2,1-3H3. The predicted octanol–water partition coefficient (Wildman–Crippen LogP) is 4.72. The number of ether oxygens (including phenoxy) is 1. The molecule has 2 rings (SSSR count). The smallest absolute Gasteiger partial charge is 0.138 e. The SMILES string of the molecule is CCCc1nc(Cl)c(C)c(-c2ccc(Cl)c(OC)c2)n1. The number of halogens is 2. The third-order valence-electron chi connectivity index (χ3n) is 3.03. The number of hydrogen-bond donors (Lipinski definition) is 0. The Morgan fingerprint density at radius 2 is 1.95 bits per heavy atom. The zero-order valence-electron chi connectivity index (χ0n) is 11.7. The Morgan fingerprint density at radius 3 is 2.60 bits per heavy atom. The van der Waals surface area contributed by atoms with Gasteiger partial charge in [-0.3, -0.25) is 0 Å². The Bertz CT molecular complexity index is 630. The van der Waals surface area contributed by atoms with E-state index in [1.165, 1.54) is 0 Å². The van der Waals surface area contributed by atoms with E-state index in [0.29, 0.717) is 15.9 Å². The molecular formula is C15H16Cl2N2O. The van der Waals surface area contributed by atoms with Crippen molar-refractivity contribution in [1.82, 2.24) is 9.97 Å². The highest BCUT2D eigenvalue weighted by Crippen LogP contribution is 2.32. The Hall–Kier alpha value is -1.32. The highest BCUT2D eigenvalue weighted by Gasteiger charge is 2.13. The molecule has 0 saturated heterocycles. The first-order valence-corrected chi connectivity index (χ1v) is 7.19. The summed E-state index contributed by atoms with van der Waals surface area (Å²) in [5, 5.41) is 1.07. The van der Waals surface area contributed by atoms with Crippen LogP contribution in [-0.2, 0) is 6.42 Å². The number of nitrogens with zero attached hydrogens (tertiary/aromatic N) is 2. The number of hydrogen-bond acceptors (Lipinski definition) is 3. The van der Waals surface area contributed by atoms with Crippen molar-refractivity contribution in [2.24, 2.45) is 0 Å². The van der Waals surface area contributed by atoms with E-state index < -0.39 is 0 Å². The van der Waals surface area contributed by atoms with Crippen molar-refractivity contribution in [2.45, 2.75) is 26.7 Å². The van der Waals surface area contributed by atoms with Crippen molar-refractivity contribution in [3.63, 3.8) is 0 Å². The van der Waals surface area contributed by atoms with Crippen LogP contribution in [0.5, 0.6) is 5.75 Å². The number of aryl methyl sites for hydroxylation is 1. The van der Waals surface area contributed by atoms with E-state index in [4.69, 9.17) is 27.9 Å². The Morgan fingerprint density at radius 1 is 1.20 bits per heavy atom. The monoisotopic (exact) mass is 310 g/mol. The normalized spacial score (nSPS) is 10.7. The molecule has 5 heteroatoms. The first kappa shape index (κ1) is 15.1. The molecule has 0 atom stereocenters. The molecule has 1 heterocycles. The van der Waals surface area contributed by atoms with Crippen LogP contribution in [0.25, 0.3) is 11.3 Å². The van der Waals surface area contributed by atoms with E-state index >= 15 is 0 Å². The van der Waals surface area contributed by atoms with Gasteiger partial charge in [-0.15, -0.1) is 0 Å². The lowest BCUT2D eigenvalue weighted by molar-refractivity contribution is 0.415. The van der Waals surface area contributed by atoms with Crippen LogP contribution in [0, 0.1) is 6.92 Å². The van der Waals surface area contributed by atoms with Gasteiger partial charge in [0.15, 0.2) is 0 Å². The van der Waals surface area contributed by atoms with Crippen LogP contribution >= 0.6 is 23.2 Å². The van der Waals surface area contributed by atoms with Crippen molar-refractivity contribution >= 4 is 23.2 Å². The van der Waals surface area contributed by atoms with Gasteiger partial charge in [-0.05, 0) is 25.5 Å². The molecule has 0 aliphatic carbocycles. The summed E-state index contributed by atoms with van der Waals surface area (Å²) in [6.07, 6.45) is 1.78. The molecule has 106 valence electrons. The van der Waals surface area contributed by atoms with Gasteiger partial charge < -0.3 is 4.74 Å². The van der Waals surface area contributed by atoms with Gasteiger partial charge in [0.25, 0.3) is 0 Å². The lowest BCUT2D eigenvalue weighted by Gasteiger charge is -2.11. The number of benzene rings is 1. The molecule has 1 aromatic heterocycles. The fourth-order valence-corrected chi connectivity index (χ4v) is 2.34. The second kappa shape index (κ2) is 6.42. The topological polar surface area (TPSA) is 35.0 Å². The molecule has 0 bridgehead atoms. The molecule has 0 radical (unpaired) electrons. The minimum Gasteiger partial charge on any atom is -0.495 e. The van der Waals surface area contributed by atoms with E-state index in [2.05, 4.69) is 16.9 Å². The third kappa shape index (κ3) is 3.05. The van der Waals surface area contributed by atoms with Crippen LogP contribution < -0.4 is 4.74 Å². The quantitative estimate of drug-likeness (QED) is 0.766. The lowest BCUT2D eigenvalue weighted by atomic mass is 10.1. The van der Waals surface area contributed by atoms with Crippen molar-refractivity contribution in [3.05, 3.63) is 39.8 Å². The molecule has 0 fully saturated rings. The van der Waals surface area contributed by atoms with Crippen LogP contribution in [0.2, 0.25) is 10.2 Å². The van der Waals surface area contributed by atoms with Gasteiger partial charge in [0.2, 0.25) is 0 Å². The Balaban J connectivity index is 2.56. The first-order chi connectivity index (χ1) is 9.56. The first-order valence-electron chi connectivity index (χ1n) is 6.43. The summed E-state index contributed by atoms with van der Waals surface area (Å²) in [6, 6.07) is 5.57. The third-order valence-corrected chi connectivity index (χ3v) is 3.71. The van der Waals surface area contributed by atoms with Crippen molar-refractivity contribution < 1.29 is 4.74 Å². The summed E-state index contributed by atoms with van der Waals surface area (Å²) >= 11 is 12.3. The maximum absolute atomic E-state index is 6.20. The van der Waals surface area contributed by atoms with Gasteiger partial charge in [-0.25, -0.2) is 9.97 Å². The van der Waals surface area contributed by atoms with Crippen LogP contribution in [0.15, 0.2) is 18.2 Å². The van der Waals surface area contributed by atoms with E-state index in [-0.39, 0.29) is 0 Å². The van der Waals surface area contributed by atoms with E-state index in [9.17, 15) is 0 Å². The molecule has 20 heavy (non-hydrogen) atoms. The highest BCUT2D eigenvalue weighted by atomic mass is 35.5. The largest absolute Gasteiger partial charge is 0.495 e. The van der Waals surface area contributed by atoms with Crippen LogP contribution in [0.3, 0.4) is 0 Å². The number of rotatable bonds is 4. The second-order valence-electron chi connectivity index (χ2n) is 4.50. The van der Waals surface area contributed by atoms with Crippen molar-refractivity contribution in [3.8, 4) is 17.0 Å². The Labute approximate surface area is 128 Å². The van der Waals surface area contributed by atoms with E-state index in [1.54, 1.807) is 13.2 Å². The van der Waals surface area contributed by atoms with Gasteiger partial charge in [-0.1, -0.05) is 36.2 Å². The fourth-order valence-electron chi connectivity index (χ4n) is 1.96. The summed E-state index contributed by atoms with van der Waals surface area (Å²) in [7, 11) is 1.59. The molecule has 0 aliphatic rings. The van der Waals surface area contributed by atoms with Gasteiger partial charge in [0, 0.05) is 17.5 Å². The Kier molecular flexibility index (Phi) is 4.84. The molecule has 2 aromatic rings. The van der Waals surface area contributed by atoms with Crippen LogP contribution in [-0.4, -0.2) is 17.1 Å². The zero-order valence-corrected chi connectivity index (χ0v) is 13.2. The number of methoxy groups -OCH3 is 1. The van der Waals surface area contributed by atoms with Crippen LogP contribution in [0.4, 0.5) is 0 Å². The molecule has 0 spiro atoms. The molecule has 0 saturated carbocycles. The second-order valence-corrected chi connectivity index (χ2v) is 5.27. The molecular weight excluding hydrogens is 295 g/mol. The average molecular weight is 311 g/mol. The minimum absolute atomic E-state index is 0.493. The maximum atomic E-state index is 6.20. The van der Waals surface area contributed by atoms with Gasteiger partial charge in [-0.2, -0.15) is 0 Å². The average Bonchev–Trinajstić information content (AvgIpc) is 2.43. The summed E-state index contributed by atoms with van der Waals surface area (Å²) < 4.78 is 5.25. The summed E-state index contributed by atoms with van der Waals surface area (Å²) in [4.78, 5) is 8.91. The van der Waals surface area contributed by atoms with E-state index in [1.807, 2.05) is 19.1 Å². The zero-order chi connectivity index (χ0) is 14.7. The lowest BCUT2D eigenvalue weighted by Crippen LogP contribution is -2.00. The molecule has 3 nitrogen and oxygen atoms in total. The van der Waals surface area contributed by atoms with Crippen molar-refractivity contribution in [1.29, 1.82) is 0 Å². The van der Waals surface area contributed by atoms with Gasteiger partial charge in [0.1, 0.15) is 16.7 Å². The maximum Gasteiger partial charge on any atom is 0.138 e. The molecule has 0 N–H and O–H groups in total. The molecule has 0 aliphatic heterocycles. The molecule has 0 amide bonds. The van der Waals surface area contributed by atoms with E-state index in [0.717, 1.165) is 35.5 Å². The summed E-state index contributed by atoms with van der Waals surface area (Å²) in [5.74, 6) is 1.38. The fraction of sp³-hybridized carbons (Fsp3) is 0.333. The number of aromatic nitrogens is 2.